The molecule has 0 unspecified atom stereocenters. The van der Waals surface area contributed by atoms with Gasteiger partial charge in [0.1, 0.15) is 11.4 Å². The fourth-order valence-electron chi connectivity index (χ4n) is 2.98. The second kappa shape index (κ2) is 7.23. The SMILES string of the molecule is C[C@@]1(C(=O)NCc2cccc(Cl)c2F)C[C@@](O)(OS(C)(=O)=O)CN1C(=O)O. The van der Waals surface area contributed by atoms with Crippen molar-refractivity contribution < 1.29 is 36.8 Å². The molecule has 0 aliphatic carbocycles. The number of carbonyl (C=O) groups excluding carboxylic acids is 1. The highest BCUT2D eigenvalue weighted by molar-refractivity contribution is 7.86. The summed E-state index contributed by atoms with van der Waals surface area (Å²) >= 11 is 5.67. The summed E-state index contributed by atoms with van der Waals surface area (Å²) in [6.07, 6.45) is -1.51. The van der Waals surface area contributed by atoms with E-state index in [2.05, 4.69) is 9.50 Å². The lowest BCUT2D eigenvalue weighted by molar-refractivity contribution is -0.135. The van der Waals surface area contributed by atoms with E-state index in [0.29, 0.717) is 11.2 Å². The highest BCUT2D eigenvalue weighted by Crippen LogP contribution is 2.38. The van der Waals surface area contributed by atoms with E-state index >= 15 is 0 Å². The van der Waals surface area contributed by atoms with Crippen molar-refractivity contribution >= 4 is 33.7 Å². The van der Waals surface area contributed by atoms with Gasteiger partial charge in [0.2, 0.25) is 11.7 Å². The van der Waals surface area contributed by atoms with Crippen LogP contribution in [0.15, 0.2) is 18.2 Å². The lowest BCUT2D eigenvalue weighted by Crippen LogP contribution is -2.54. The minimum atomic E-state index is -4.12. The van der Waals surface area contributed by atoms with Gasteiger partial charge in [0.05, 0.1) is 17.8 Å². The molecular weight excluding hydrogens is 407 g/mol. The van der Waals surface area contributed by atoms with Crippen LogP contribution in [0.25, 0.3) is 0 Å². The number of amides is 2. The van der Waals surface area contributed by atoms with Gasteiger partial charge < -0.3 is 15.5 Å². The number of rotatable bonds is 5. The summed E-state index contributed by atoms with van der Waals surface area (Å²) in [7, 11) is -4.12. The molecule has 9 nitrogen and oxygen atoms in total. The van der Waals surface area contributed by atoms with Gasteiger partial charge in [-0.05, 0) is 13.0 Å². The third kappa shape index (κ3) is 4.67. The molecule has 0 radical (unpaired) electrons. The number of benzene rings is 1. The van der Waals surface area contributed by atoms with Crippen LogP contribution in [0.5, 0.6) is 0 Å². The van der Waals surface area contributed by atoms with Crippen molar-refractivity contribution in [1.29, 1.82) is 0 Å². The van der Waals surface area contributed by atoms with E-state index in [1.54, 1.807) is 0 Å². The minimum absolute atomic E-state index is 0.0713. The molecule has 0 aromatic heterocycles. The molecule has 2 rings (SSSR count). The van der Waals surface area contributed by atoms with Crippen LogP contribution in [0, 0.1) is 5.82 Å². The fraction of sp³-hybridized carbons (Fsp3) is 0.467. The number of β-amino-alcohol motifs (C(OH)–C–C–N with tert-alkyl or cyclic N) is 1. The molecule has 27 heavy (non-hydrogen) atoms. The van der Waals surface area contributed by atoms with Gasteiger partial charge in [-0.25, -0.2) is 13.4 Å². The van der Waals surface area contributed by atoms with Crippen LogP contribution in [0.1, 0.15) is 18.9 Å². The van der Waals surface area contributed by atoms with Gasteiger partial charge in [0.15, 0.2) is 0 Å². The van der Waals surface area contributed by atoms with Gasteiger partial charge in [-0.15, -0.1) is 0 Å². The van der Waals surface area contributed by atoms with Gasteiger partial charge >= 0.3 is 6.09 Å². The Morgan fingerprint density at radius 3 is 2.63 bits per heavy atom. The molecule has 0 spiro atoms. The lowest BCUT2D eigenvalue weighted by atomic mass is 9.95. The van der Waals surface area contributed by atoms with Crippen LogP contribution in [0.3, 0.4) is 0 Å². The predicted molar refractivity (Wildman–Crippen MR) is 91.9 cm³/mol. The standard InChI is InChI=1S/C15H18ClFN2O7S/c1-14(12(20)18-6-9-4-3-5-10(16)11(9)17)7-15(23,26-27(2,24)25)8-19(14)13(21)22/h3-5,23H,6-8H2,1-2H3,(H,18,20)(H,21,22)/t14-,15+/m0/s1. The van der Waals surface area contributed by atoms with Crippen LogP contribution >= 0.6 is 11.6 Å². The number of nitrogens with zero attached hydrogens (tertiary/aromatic N) is 1. The Hall–Kier alpha value is -1.95. The average Bonchev–Trinajstić information content (AvgIpc) is 2.78. The summed E-state index contributed by atoms with van der Waals surface area (Å²) in [6, 6.07) is 4.19. The minimum Gasteiger partial charge on any atom is -0.465 e. The Kier molecular flexibility index (Phi) is 5.71. The molecule has 1 fully saturated rings. The zero-order valence-electron chi connectivity index (χ0n) is 14.4. The summed E-state index contributed by atoms with van der Waals surface area (Å²) in [6.45, 7) is 0.152. The van der Waals surface area contributed by atoms with E-state index in [-0.39, 0.29) is 17.1 Å². The number of halogens is 2. The van der Waals surface area contributed by atoms with Crippen LogP contribution < -0.4 is 5.32 Å². The Bertz CT molecular complexity index is 881. The van der Waals surface area contributed by atoms with Crippen molar-refractivity contribution in [2.24, 2.45) is 0 Å². The van der Waals surface area contributed by atoms with Crippen molar-refractivity contribution in [3.05, 3.63) is 34.6 Å². The molecule has 150 valence electrons. The molecule has 1 aromatic rings. The van der Waals surface area contributed by atoms with E-state index < -0.39 is 52.2 Å². The summed E-state index contributed by atoms with van der Waals surface area (Å²) in [5.74, 6) is -4.00. The van der Waals surface area contributed by atoms with Gasteiger partial charge in [-0.2, -0.15) is 8.42 Å². The van der Waals surface area contributed by atoms with E-state index in [9.17, 15) is 32.6 Å². The van der Waals surface area contributed by atoms with E-state index in [0.717, 1.165) is 0 Å². The normalized spacial score (nSPS) is 25.4. The zero-order valence-corrected chi connectivity index (χ0v) is 16.0. The summed E-state index contributed by atoms with van der Waals surface area (Å²) in [5, 5.41) is 21.9. The highest BCUT2D eigenvalue weighted by Gasteiger charge is 2.58. The summed E-state index contributed by atoms with van der Waals surface area (Å²) in [4.78, 5) is 24.7. The molecule has 0 saturated carbocycles. The smallest absolute Gasteiger partial charge is 0.408 e. The molecule has 2 amide bonds. The summed E-state index contributed by atoms with van der Waals surface area (Å²) in [5.41, 5.74) is -1.78. The quantitative estimate of drug-likeness (QED) is 0.472. The van der Waals surface area contributed by atoms with Gasteiger partial charge in [-0.1, -0.05) is 23.7 Å². The maximum absolute atomic E-state index is 13.9. The Labute approximate surface area is 159 Å². The van der Waals surface area contributed by atoms with Crippen LogP contribution in [-0.2, 0) is 25.6 Å². The Morgan fingerprint density at radius 1 is 1.44 bits per heavy atom. The first kappa shape index (κ1) is 21.4. The fourth-order valence-corrected chi connectivity index (χ4v) is 3.85. The molecule has 1 saturated heterocycles. The molecule has 3 N–H and O–H groups in total. The Morgan fingerprint density at radius 2 is 2.07 bits per heavy atom. The van der Waals surface area contributed by atoms with Crippen LogP contribution in [0.2, 0.25) is 5.02 Å². The molecule has 1 aromatic carbocycles. The van der Waals surface area contributed by atoms with E-state index in [1.165, 1.54) is 25.1 Å². The zero-order chi connectivity index (χ0) is 20.6. The number of carbonyl (C=O) groups is 2. The predicted octanol–water partition coefficient (Wildman–Crippen LogP) is 0.903. The van der Waals surface area contributed by atoms with Crippen molar-refractivity contribution in [1.82, 2.24) is 10.2 Å². The first-order chi connectivity index (χ1) is 12.3. The lowest BCUT2D eigenvalue weighted by Gasteiger charge is -2.30. The van der Waals surface area contributed by atoms with Crippen LogP contribution in [-0.4, -0.2) is 59.7 Å². The van der Waals surface area contributed by atoms with Crippen LogP contribution in [0.4, 0.5) is 9.18 Å². The third-order valence-corrected chi connectivity index (χ3v) is 5.02. The highest BCUT2D eigenvalue weighted by atomic mass is 35.5. The molecule has 0 bridgehead atoms. The number of carboxylic acid groups (broad SMARTS) is 1. The second-order valence-electron chi connectivity index (χ2n) is 6.45. The first-order valence-corrected chi connectivity index (χ1v) is 9.82. The largest absolute Gasteiger partial charge is 0.465 e. The second-order valence-corrected chi connectivity index (χ2v) is 8.43. The number of hydrogen-bond donors (Lipinski definition) is 3. The Balaban J connectivity index is 2.23. The molecule has 12 heteroatoms. The number of aliphatic hydroxyl groups is 1. The number of nitrogens with one attached hydrogen (secondary N) is 1. The summed E-state index contributed by atoms with van der Waals surface area (Å²) < 4.78 is 41.2. The van der Waals surface area contributed by atoms with Crippen molar-refractivity contribution in [3.8, 4) is 0 Å². The van der Waals surface area contributed by atoms with Gasteiger partial charge in [-0.3, -0.25) is 9.69 Å². The monoisotopic (exact) mass is 424 g/mol. The van der Waals surface area contributed by atoms with Gasteiger partial charge in [0, 0.05) is 18.5 Å². The number of likely N-dealkylation sites (tertiary alicyclic amines) is 1. The van der Waals surface area contributed by atoms with Crippen molar-refractivity contribution in [3.63, 3.8) is 0 Å². The molecular formula is C15H18ClFN2O7S. The average molecular weight is 425 g/mol. The molecule has 1 aliphatic heterocycles. The van der Waals surface area contributed by atoms with Gasteiger partial charge in [0.25, 0.3) is 10.1 Å². The third-order valence-electron chi connectivity index (χ3n) is 4.12. The molecule has 1 heterocycles. The van der Waals surface area contributed by atoms with Crippen molar-refractivity contribution in [2.75, 3.05) is 12.8 Å². The van der Waals surface area contributed by atoms with Crippen molar-refractivity contribution in [2.45, 2.75) is 31.2 Å². The maximum Gasteiger partial charge on any atom is 0.408 e. The first-order valence-electron chi connectivity index (χ1n) is 7.62. The molecule has 1 aliphatic rings. The maximum atomic E-state index is 13.9. The molecule has 2 atom stereocenters. The van der Waals surface area contributed by atoms with E-state index in [4.69, 9.17) is 11.6 Å². The topological polar surface area (TPSA) is 133 Å². The number of hydrogen-bond acceptors (Lipinski definition) is 6. The van der Waals surface area contributed by atoms with E-state index in [1.807, 2.05) is 0 Å².